The number of nitrogens with zero attached hydrogens (tertiary/aromatic N) is 3. The molecule has 1 saturated heterocycles. The Labute approximate surface area is 185 Å². The second kappa shape index (κ2) is 9.27. The van der Waals surface area contributed by atoms with E-state index in [4.69, 9.17) is 0 Å². The SMILES string of the molecule is O=C(CCn1ncc(=O)c2ccccc21)NCCN1C(=O)S/C(=C\c2cccs2)C1=O. The molecule has 0 aliphatic carbocycles. The molecular formula is C21H18N4O4S2. The first kappa shape index (κ1) is 21.0. The highest BCUT2D eigenvalue weighted by Gasteiger charge is 2.34. The minimum Gasteiger partial charge on any atom is -0.354 e. The van der Waals surface area contributed by atoms with Gasteiger partial charge in [-0.3, -0.25) is 28.8 Å². The van der Waals surface area contributed by atoms with E-state index in [1.807, 2.05) is 23.6 Å². The molecule has 1 aliphatic rings. The van der Waals surface area contributed by atoms with E-state index in [0.29, 0.717) is 22.4 Å². The largest absolute Gasteiger partial charge is 0.354 e. The van der Waals surface area contributed by atoms with Crippen LogP contribution < -0.4 is 10.7 Å². The summed E-state index contributed by atoms with van der Waals surface area (Å²) in [5.41, 5.74) is 0.500. The van der Waals surface area contributed by atoms with E-state index in [1.54, 1.807) is 29.0 Å². The quantitative estimate of drug-likeness (QED) is 0.551. The Hall–Kier alpha value is -3.24. The van der Waals surface area contributed by atoms with E-state index < -0.39 is 0 Å². The van der Waals surface area contributed by atoms with Gasteiger partial charge in [-0.05, 0) is 41.4 Å². The van der Waals surface area contributed by atoms with Crippen LogP contribution in [0, 0.1) is 0 Å². The number of hydrogen-bond donors (Lipinski definition) is 1. The van der Waals surface area contributed by atoms with Crippen molar-refractivity contribution in [3.8, 4) is 0 Å². The van der Waals surface area contributed by atoms with E-state index in [-0.39, 0.29) is 42.0 Å². The Morgan fingerprint density at radius 1 is 1.10 bits per heavy atom. The average Bonchev–Trinajstić information content (AvgIpc) is 3.37. The van der Waals surface area contributed by atoms with Crippen molar-refractivity contribution in [3.05, 3.63) is 68.0 Å². The lowest BCUT2D eigenvalue weighted by atomic mass is 10.2. The number of aryl methyl sites for hydroxylation is 1. The molecule has 0 unspecified atom stereocenters. The van der Waals surface area contributed by atoms with Crippen molar-refractivity contribution in [2.45, 2.75) is 13.0 Å². The number of hydrogen-bond acceptors (Lipinski definition) is 7. The van der Waals surface area contributed by atoms with Crippen molar-refractivity contribution in [3.63, 3.8) is 0 Å². The van der Waals surface area contributed by atoms with Crippen molar-refractivity contribution in [2.24, 2.45) is 0 Å². The highest BCUT2D eigenvalue weighted by molar-refractivity contribution is 8.18. The van der Waals surface area contributed by atoms with Gasteiger partial charge in [0.2, 0.25) is 11.3 Å². The van der Waals surface area contributed by atoms with E-state index in [2.05, 4.69) is 10.4 Å². The van der Waals surface area contributed by atoms with Crippen LogP contribution in [0.1, 0.15) is 11.3 Å². The molecule has 0 radical (unpaired) electrons. The number of thiophene rings is 1. The number of para-hydroxylation sites is 1. The molecule has 158 valence electrons. The molecule has 8 nitrogen and oxygen atoms in total. The number of nitrogens with one attached hydrogen (secondary N) is 1. The number of amides is 3. The molecule has 3 aromatic rings. The molecule has 2 aromatic heterocycles. The first-order chi connectivity index (χ1) is 15.0. The fourth-order valence-electron chi connectivity index (χ4n) is 3.14. The van der Waals surface area contributed by atoms with Crippen LogP contribution in [0.25, 0.3) is 17.0 Å². The third kappa shape index (κ3) is 4.75. The number of fused-ring (bicyclic) bond motifs is 1. The first-order valence-corrected chi connectivity index (χ1v) is 11.2. The lowest BCUT2D eigenvalue weighted by molar-refractivity contribution is -0.124. The van der Waals surface area contributed by atoms with E-state index >= 15 is 0 Å². The van der Waals surface area contributed by atoms with Crippen molar-refractivity contribution in [2.75, 3.05) is 13.1 Å². The summed E-state index contributed by atoms with van der Waals surface area (Å²) in [6.45, 7) is 0.580. The van der Waals surface area contributed by atoms with Crippen LogP contribution in [-0.4, -0.2) is 44.8 Å². The van der Waals surface area contributed by atoms with Gasteiger partial charge in [-0.1, -0.05) is 18.2 Å². The normalized spacial score (nSPS) is 15.2. The van der Waals surface area contributed by atoms with Gasteiger partial charge in [0, 0.05) is 29.8 Å². The topological polar surface area (TPSA) is 101 Å². The molecule has 1 N–H and O–H groups in total. The molecule has 0 bridgehead atoms. The van der Waals surface area contributed by atoms with Gasteiger partial charge in [-0.2, -0.15) is 5.10 Å². The predicted octanol–water partition coefficient (Wildman–Crippen LogP) is 2.70. The number of rotatable bonds is 7. The molecule has 0 saturated carbocycles. The maximum atomic E-state index is 12.5. The molecule has 3 amide bonds. The van der Waals surface area contributed by atoms with Crippen molar-refractivity contribution >= 4 is 57.1 Å². The molecule has 1 aliphatic heterocycles. The molecule has 4 rings (SSSR count). The van der Waals surface area contributed by atoms with Crippen molar-refractivity contribution in [1.29, 1.82) is 0 Å². The van der Waals surface area contributed by atoms with Crippen LogP contribution in [0.2, 0.25) is 0 Å². The summed E-state index contributed by atoms with van der Waals surface area (Å²) in [6.07, 6.45) is 3.10. The van der Waals surface area contributed by atoms with Gasteiger partial charge in [-0.15, -0.1) is 11.3 Å². The number of imide groups is 1. The van der Waals surface area contributed by atoms with Crippen LogP contribution >= 0.6 is 23.1 Å². The number of carbonyl (C=O) groups excluding carboxylic acids is 3. The second-order valence-electron chi connectivity index (χ2n) is 6.70. The van der Waals surface area contributed by atoms with Crippen LogP contribution in [0.15, 0.2) is 57.7 Å². The van der Waals surface area contributed by atoms with Gasteiger partial charge in [0.25, 0.3) is 11.1 Å². The maximum Gasteiger partial charge on any atom is 0.293 e. The molecule has 10 heteroatoms. The Bertz CT molecular complexity index is 1230. The van der Waals surface area contributed by atoms with Crippen LogP contribution in [0.4, 0.5) is 4.79 Å². The van der Waals surface area contributed by atoms with Gasteiger partial charge in [0.1, 0.15) is 0 Å². The van der Waals surface area contributed by atoms with Gasteiger partial charge in [0.15, 0.2) is 0 Å². The number of carbonyl (C=O) groups is 3. The Balaban J connectivity index is 1.29. The average molecular weight is 455 g/mol. The number of thioether (sulfide) groups is 1. The predicted molar refractivity (Wildman–Crippen MR) is 121 cm³/mol. The zero-order valence-corrected chi connectivity index (χ0v) is 17.9. The summed E-state index contributed by atoms with van der Waals surface area (Å²) >= 11 is 2.39. The highest BCUT2D eigenvalue weighted by Crippen LogP contribution is 2.32. The lowest BCUT2D eigenvalue weighted by Crippen LogP contribution is -2.37. The minimum absolute atomic E-state index is 0.109. The summed E-state index contributed by atoms with van der Waals surface area (Å²) in [4.78, 5) is 51.1. The smallest absolute Gasteiger partial charge is 0.293 e. The zero-order chi connectivity index (χ0) is 21.8. The van der Waals surface area contributed by atoms with Crippen LogP contribution in [-0.2, 0) is 16.1 Å². The van der Waals surface area contributed by atoms with E-state index in [9.17, 15) is 19.2 Å². The van der Waals surface area contributed by atoms with Crippen molar-refractivity contribution < 1.29 is 14.4 Å². The monoisotopic (exact) mass is 454 g/mol. The summed E-state index contributed by atoms with van der Waals surface area (Å²) < 4.78 is 1.61. The van der Waals surface area contributed by atoms with Gasteiger partial charge >= 0.3 is 0 Å². The molecule has 31 heavy (non-hydrogen) atoms. The number of aromatic nitrogens is 2. The van der Waals surface area contributed by atoms with E-state index in [1.165, 1.54) is 17.5 Å². The standard InChI is InChI=1S/C21H18N4O4S2/c26-17-13-23-25(16-6-2-1-5-15(16)17)9-7-19(27)22-8-10-24-20(28)18(31-21(24)29)12-14-4-3-11-30-14/h1-6,11-13H,7-10H2,(H,22,27)/b18-12-. The zero-order valence-electron chi connectivity index (χ0n) is 16.3. The maximum absolute atomic E-state index is 12.5. The fraction of sp³-hybridized carbons (Fsp3) is 0.190. The van der Waals surface area contributed by atoms with Gasteiger partial charge in [0.05, 0.1) is 23.2 Å². The third-order valence-corrected chi connectivity index (χ3v) is 6.39. The fourth-order valence-corrected chi connectivity index (χ4v) is 4.73. The summed E-state index contributed by atoms with van der Waals surface area (Å²) in [7, 11) is 0. The van der Waals surface area contributed by atoms with Crippen molar-refractivity contribution in [1.82, 2.24) is 20.0 Å². The molecule has 1 fully saturated rings. The summed E-state index contributed by atoms with van der Waals surface area (Å²) in [6, 6.07) is 10.8. The van der Waals surface area contributed by atoms with Crippen LogP contribution in [0.5, 0.6) is 0 Å². The molecule has 3 heterocycles. The Morgan fingerprint density at radius 3 is 2.74 bits per heavy atom. The summed E-state index contributed by atoms with van der Waals surface area (Å²) in [5.74, 6) is -0.577. The van der Waals surface area contributed by atoms with Crippen LogP contribution in [0.3, 0.4) is 0 Å². The molecule has 0 atom stereocenters. The molecular weight excluding hydrogens is 436 g/mol. The number of benzene rings is 1. The minimum atomic E-state index is -0.346. The van der Waals surface area contributed by atoms with E-state index in [0.717, 1.165) is 21.5 Å². The Morgan fingerprint density at radius 2 is 1.94 bits per heavy atom. The lowest BCUT2D eigenvalue weighted by Gasteiger charge is -2.13. The third-order valence-electron chi connectivity index (χ3n) is 4.66. The van der Waals surface area contributed by atoms with Gasteiger partial charge in [-0.25, -0.2) is 0 Å². The highest BCUT2D eigenvalue weighted by atomic mass is 32.2. The summed E-state index contributed by atoms with van der Waals surface area (Å²) in [5, 5.41) is 8.93. The Kier molecular flexibility index (Phi) is 6.28. The molecule has 1 aromatic carbocycles. The van der Waals surface area contributed by atoms with Gasteiger partial charge < -0.3 is 5.32 Å². The first-order valence-electron chi connectivity index (χ1n) is 9.53. The second-order valence-corrected chi connectivity index (χ2v) is 8.67. The molecule has 0 spiro atoms.